The molecule has 0 saturated carbocycles. The lowest BCUT2D eigenvalue weighted by atomic mass is 10.1. The van der Waals surface area contributed by atoms with Crippen molar-refractivity contribution in [3.05, 3.63) is 74.9 Å². The SMILES string of the molecule is CCC(Sc1nc2scc(-c3ccc(C)cc3)c2c(=O)[nH]1)C(=O)Nc1c(C)cccc1C. The summed E-state index contributed by atoms with van der Waals surface area (Å²) in [5.41, 5.74) is 5.75. The molecule has 2 aromatic heterocycles. The number of fused-ring (bicyclic) bond motifs is 1. The van der Waals surface area contributed by atoms with E-state index < -0.39 is 0 Å². The van der Waals surface area contributed by atoms with Gasteiger partial charge in [0.2, 0.25) is 5.91 Å². The zero-order valence-electron chi connectivity index (χ0n) is 18.5. The number of thiophene rings is 1. The number of rotatable bonds is 6. The van der Waals surface area contributed by atoms with Crippen LogP contribution in [0.3, 0.4) is 0 Å². The van der Waals surface area contributed by atoms with Gasteiger partial charge in [-0.2, -0.15) is 0 Å². The molecule has 4 aromatic rings. The van der Waals surface area contributed by atoms with Gasteiger partial charge < -0.3 is 10.3 Å². The predicted molar refractivity (Wildman–Crippen MR) is 135 cm³/mol. The van der Waals surface area contributed by atoms with Crippen molar-refractivity contribution in [3.63, 3.8) is 0 Å². The third-order valence-electron chi connectivity index (χ3n) is 5.43. The van der Waals surface area contributed by atoms with Gasteiger partial charge in [0, 0.05) is 16.6 Å². The van der Waals surface area contributed by atoms with Crippen molar-refractivity contribution < 1.29 is 4.79 Å². The van der Waals surface area contributed by atoms with Gasteiger partial charge in [-0.25, -0.2) is 4.98 Å². The topological polar surface area (TPSA) is 74.8 Å². The molecule has 0 aliphatic heterocycles. The Morgan fingerprint density at radius 1 is 1.12 bits per heavy atom. The summed E-state index contributed by atoms with van der Waals surface area (Å²) in [5.74, 6) is -0.0934. The van der Waals surface area contributed by atoms with Crippen LogP contribution >= 0.6 is 23.1 Å². The van der Waals surface area contributed by atoms with E-state index in [0.717, 1.165) is 27.9 Å². The second kappa shape index (κ2) is 9.30. The molecule has 164 valence electrons. The van der Waals surface area contributed by atoms with Gasteiger partial charge in [0.25, 0.3) is 5.56 Å². The highest BCUT2D eigenvalue weighted by Gasteiger charge is 2.22. The van der Waals surface area contributed by atoms with Gasteiger partial charge in [0.1, 0.15) is 4.83 Å². The van der Waals surface area contributed by atoms with E-state index >= 15 is 0 Å². The highest BCUT2D eigenvalue weighted by atomic mass is 32.2. The fourth-order valence-corrected chi connectivity index (χ4v) is 5.51. The Bertz CT molecular complexity index is 1320. The molecule has 0 spiro atoms. The third-order valence-corrected chi connectivity index (χ3v) is 7.55. The van der Waals surface area contributed by atoms with Gasteiger partial charge in [-0.05, 0) is 43.9 Å². The lowest BCUT2D eigenvalue weighted by Gasteiger charge is -2.16. The number of carbonyl (C=O) groups is 1. The molecule has 0 aliphatic rings. The van der Waals surface area contributed by atoms with Crippen LogP contribution in [0.15, 0.2) is 57.8 Å². The Labute approximate surface area is 195 Å². The van der Waals surface area contributed by atoms with Crippen LogP contribution in [0.2, 0.25) is 0 Å². The van der Waals surface area contributed by atoms with E-state index in [1.165, 1.54) is 28.7 Å². The first-order valence-electron chi connectivity index (χ1n) is 10.5. The molecule has 2 heterocycles. The summed E-state index contributed by atoms with van der Waals surface area (Å²) in [6.07, 6.45) is 0.613. The highest BCUT2D eigenvalue weighted by molar-refractivity contribution is 8.00. The number of nitrogens with zero attached hydrogens (tertiary/aromatic N) is 1. The number of H-pyrrole nitrogens is 1. The van der Waals surface area contributed by atoms with E-state index in [-0.39, 0.29) is 16.7 Å². The van der Waals surface area contributed by atoms with E-state index in [4.69, 9.17) is 0 Å². The third kappa shape index (κ3) is 4.49. The van der Waals surface area contributed by atoms with E-state index in [9.17, 15) is 9.59 Å². The molecule has 1 amide bonds. The number of para-hydroxylation sites is 1. The van der Waals surface area contributed by atoms with Crippen LogP contribution in [0.4, 0.5) is 5.69 Å². The molecule has 32 heavy (non-hydrogen) atoms. The Kier molecular flexibility index (Phi) is 6.48. The van der Waals surface area contributed by atoms with Gasteiger partial charge in [0.15, 0.2) is 5.16 Å². The fourth-order valence-electron chi connectivity index (χ4n) is 3.60. The van der Waals surface area contributed by atoms with E-state index in [2.05, 4.69) is 15.3 Å². The van der Waals surface area contributed by atoms with Crippen molar-refractivity contribution in [3.8, 4) is 11.1 Å². The number of aromatic amines is 1. The maximum absolute atomic E-state index is 13.0. The predicted octanol–water partition coefficient (Wildman–Crippen LogP) is 6.09. The first kappa shape index (κ1) is 22.3. The lowest BCUT2D eigenvalue weighted by Crippen LogP contribution is -2.26. The highest BCUT2D eigenvalue weighted by Crippen LogP contribution is 2.33. The largest absolute Gasteiger partial charge is 0.325 e. The lowest BCUT2D eigenvalue weighted by molar-refractivity contribution is -0.115. The average Bonchev–Trinajstić information content (AvgIpc) is 3.19. The van der Waals surface area contributed by atoms with Crippen molar-refractivity contribution in [1.82, 2.24) is 9.97 Å². The summed E-state index contributed by atoms with van der Waals surface area (Å²) in [7, 11) is 0. The number of hydrogen-bond donors (Lipinski definition) is 2. The van der Waals surface area contributed by atoms with Crippen LogP contribution in [0, 0.1) is 20.8 Å². The van der Waals surface area contributed by atoms with Crippen molar-refractivity contribution in [1.29, 1.82) is 0 Å². The Balaban J connectivity index is 1.60. The summed E-state index contributed by atoms with van der Waals surface area (Å²) in [6, 6.07) is 14.0. The molecule has 2 N–H and O–H groups in total. The van der Waals surface area contributed by atoms with Crippen LogP contribution in [0.25, 0.3) is 21.3 Å². The number of nitrogens with one attached hydrogen (secondary N) is 2. The normalized spacial score (nSPS) is 12.1. The monoisotopic (exact) mass is 463 g/mol. The number of aromatic nitrogens is 2. The van der Waals surface area contributed by atoms with Gasteiger partial charge in [0.05, 0.1) is 10.6 Å². The fraction of sp³-hybridized carbons (Fsp3) is 0.240. The molecule has 4 rings (SSSR count). The van der Waals surface area contributed by atoms with Gasteiger partial charge in [-0.1, -0.05) is 66.7 Å². The Hall–Kier alpha value is -2.90. The number of hydrogen-bond acceptors (Lipinski definition) is 5. The van der Waals surface area contributed by atoms with Crippen molar-refractivity contribution in [2.75, 3.05) is 5.32 Å². The summed E-state index contributed by atoms with van der Waals surface area (Å²) in [6.45, 7) is 7.95. The average molecular weight is 464 g/mol. The molecule has 1 unspecified atom stereocenters. The molecule has 0 aliphatic carbocycles. The van der Waals surface area contributed by atoms with Crippen molar-refractivity contribution in [2.45, 2.75) is 44.5 Å². The number of aryl methyl sites for hydroxylation is 3. The minimum absolute atomic E-state index is 0.0934. The second-order valence-electron chi connectivity index (χ2n) is 7.84. The Morgan fingerprint density at radius 3 is 2.47 bits per heavy atom. The molecule has 7 heteroatoms. The number of amides is 1. The van der Waals surface area contributed by atoms with Crippen LogP contribution in [0.5, 0.6) is 0 Å². The number of carbonyl (C=O) groups excluding carboxylic acids is 1. The summed E-state index contributed by atoms with van der Waals surface area (Å²) >= 11 is 2.74. The van der Waals surface area contributed by atoms with Crippen LogP contribution in [-0.2, 0) is 4.79 Å². The standard InChI is InChI=1S/C25H25N3O2S2/c1-5-19(22(29)26-21-15(3)7-6-8-16(21)4)32-25-27-23(30)20-18(13-31-24(20)28-25)17-11-9-14(2)10-12-17/h6-13,19H,5H2,1-4H3,(H,26,29)(H,27,28,30). The van der Waals surface area contributed by atoms with Crippen LogP contribution in [0.1, 0.15) is 30.0 Å². The van der Waals surface area contributed by atoms with Crippen molar-refractivity contribution >= 4 is 44.9 Å². The van der Waals surface area contributed by atoms with Gasteiger partial charge >= 0.3 is 0 Å². The zero-order chi connectivity index (χ0) is 22.8. The maximum Gasteiger partial charge on any atom is 0.260 e. The molecule has 5 nitrogen and oxygen atoms in total. The zero-order valence-corrected chi connectivity index (χ0v) is 20.1. The molecule has 0 radical (unpaired) electrons. The van der Waals surface area contributed by atoms with Crippen LogP contribution in [-0.4, -0.2) is 21.1 Å². The minimum atomic E-state index is -0.369. The van der Waals surface area contributed by atoms with E-state index in [0.29, 0.717) is 21.8 Å². The summed E-state index contributed by atoms with van der Waals surface area (Å²) in [4.78, 5) is 34.1. The molecule has 1 atom stereocenters. The van der Waals surface area contributed by atoms with Gasteiger partial charge in [-0.3, -0.25) is 9.59 Å². The second-order valence-corrected chi connectivity index (χ2v) is 9.89. The summed E-state index contributed by atoms with van der Waals surface area (Å²) in [5, 5.41) is 5.71. The number of anilines is 1. The molecular formula is C25H25N3O2S2. The Morgan fingerprint density at radius 2 is 1.81 bits per heavy atom. The van der Waals surface area contributed by atoms with E-state index in [1.807, 2.05) is 75.5 Å². The molecular weight excluding hydrogens is 438 g/mol. The molecule has 0 saturated heterocycles. The smallest absolute Gasteiger partial charge is 0.260 e. The quantitative estimate of drug-likeness (QED) is 0.268. The minimum Gasteiger partial charge on any atom is -0.325 e. The summed E-state index contributed by atoms with van der Waals surface area (Å²) < 4.78 is 0. The maximum atomic E-state index is 13.0. The van der Waals surface area contributed by atoms with Crippen LogP contribution < -0.4 is 10.9 Å². The van der Waals surface area contributed by atoms with E-state index in [1.54, 1.807) is 0 Å². The molecule has 0 fully saturated rings. The number of thioether (sulfide) groups is 1. The molecule has 2 aromatic carbocycles. The molecule has 0 bridgehead atoms. The first-order valence-corrected chi connectivity index (χ1v) is 12.3. The number of benzene rings is 2. The first-order chi connectivity index (χ1) is 15.4. The van der Waals surface area contributed by atoms with Gasteiger partial charge in [-0.15, -0.1) is 11.3 Å². The van der Waals surface area contributed by atoms with Crippen molar-refractivity contribution in [2.24, 2.45) is 0 Å².